The maximum absolute atomic E-state index is 5.82. The molecule has 4 nitrogen and oxygen atoms in total. The average molecular weight is 259 g/mol. The summed E-state index contributed by atoms with van der Waals surface area (Å²) in [6, 6.07) is 2.06. The summed E-state index contributed by atoms with van der Waals surface area (Å²) < 4.78 is 7.22. The summed E-state index contributed by atoms with van der Waals surface area (Å²) in [6.45, 7) is 6.75. The Bertz CT molecular complexity index is 614. The minimum Gasteiger partial charge on any atom is -0.496 e. The van der Waals surface area contributed by atoms with Crippen molar-refractivity contribution in [2.45, 2.75) is 27.3 Å². The molecular formula is C15H21N3O. The first-order chi connectivity index (χ1) is 8.99. The van der Waals surface area contributed by atoms with E-state index in [9.17, 15) is 0 Å². The van der Waals surface area contributed by atoms with Crippen molar-refractivity contribution in [2.24, 2.45) is 12.8 Å². The number of nitrogens with zero attached hydrogens (tertiary/aromatic N) is 2. The van der Waals surface area contributed by atoms with Gasteiger partial charge in [0.1, 0.15) is 5.75 Å². The van der Waals surface area contributed by atoms with Crippen LogP contribution in [0.3, 0.4) is 0 Å². The molecule has 0 saturated heterocycles. The highest BCUT2D eigenvalue weighted by Gasteiger charge is 2.17. The SMILES string of the molecule is COc1cc(C)c(-c2nn(C)cc2CN)c(C)c1C. The summed E-state index contributed by atoms with van der Waals surface area (Å²) in [5.74, 6) is 0.920. The summed E-state index contributed by atoms with van der Waals surface area (Å²) in [7, 11) is 3.62. The Morgan fingerprint density at radius 1 is 1.26 bits per heavy atom. The topological polar surface area (TPSA) is 53.1 Å². The maximum atomic E-state index is 5.82. The molecule has 0 atom stereocenters. The third-order valence-corrected chi connectivity index (χ3v) is 3.63. The predicted octanol–water partition coefficient (Wildman–Crippen LogP) is 2.48. The Morgan fingerprint density at radius 3 is 2.53 bits per heavy atom. The fraction of sp³-hybridized carbons (Fsp3) is 0.400. The average Bonchev–Trinajstić information content (AvgIpc) is 2.75. The molecule has 4 heteroatoms. The molecule has 0 saturated carbocycles. The number of hydrogen-bond donors (Lipinski definition) is 1. The van der Waals surface area contributed by atoms with Gasteiger partial charge in [-0.3, -0.25) is 4.68 Å². The van der Waals surface area contributed by atoms with Crippen LogP contribution in [0.4, 0.5) is 0 Å². The van der Waals surface area contributed by atoms with Crippen LogP contribution in [0.25, 0.3) is 11.3 Å². The van der Waals surface area contributed by atoms with Crippen molar-refractivity contribution in [3.63, 3.8) is 0 Å². The summed E-state index contributed by atoms with van der Waals surface area (Å²) in [4.78, 5) is 0. The molecule has 0 aliphatic heterocycles. The van der Waals surface area contributed by atoms with E-state index in [1.807, 2.05) is 17.9 Å². The number of methoxy groups -OCH3 is 1. The van der Waals surface area contributed by atoms with Gasteiger partial charge in [-0.05, 0) is 43.5 Å². The number of benzene rings is 1. The van der Waals surface area contributed by atoms with Crippen LogP contribution in [0, 0.1) is 20.8 Å². The maximum Gasteiger partial charge on any atom is 0.122 e. The molecule has 1 aromatic carbocycles. The summed E-state index contributed by atoms with van der Waals surface area (Å²) >= 11 is 0. The summed E-state index contributed by atoms with van der Waals surface area (Å²) in [5, 5.41) is 4.57. The first-order valence-electron chi connectivity index (χ1n) is 6.37. The van der Waals surface area contributed by atoms with Crippen LogP contribution in [0.15, 0.2) is 12.3 Å². The Balaban J connectivity index is 2.72. The van der Waals surface area contributed by atoms with Crippen molar-refractivity contribution in [2.75, 3.05) is 7.11 Å². The standard InChI is InChI=1S/C15H21N3O/c1-9-6-13(19-5)10(2)11(3)14(9)15-12(7-16)8-18(4)17-15/h6,8H,7,16H2,1-5H3. The normalized spacial score (nSPS) is 10.8. The van der Waals surface area contributed by atoms with Gasteiger partial charge in [-0.1, -0.05) is 0 Å². The number of hydrogen-bond acceptors (Lipinski definition) is 3. The highest BCUT2D eigenvalue weighted by molar-refractivity contribution is 5.73. The molecule has 0 aliphatic carbocycles. The van der Waals surface area contributed by atoms with Crippen LogP contribution < -0.4 is 10.5 Å². The Labute approximate surface area is 114 Å². The molecular weight excluding hydrogens is 238 g/mol. The largest absolute Gasteiger partial charge is 0.496 e. The molecule has 0 amide bonds. The quantitative estimate of drug-likeness (QED) is 0.921. The van der Waals surface area contributed by atoms with Gasteiger partial charge in [0.05, 0.1) is 12.8 Å². The van der Waals surface area contributed by atoms with Crippen molar-refractivity contribution < 1.29 is 4.74 Å². The fourth-order valence-electron chi connectivity index (χ4n) is 2.52. The molecule has 2 aromatic rings. The van der Waals surface area contributed by atoms with E-state index >= 15 is 0 Å². The Hall–Kier alpha value is -1.81. The number of rotatable bonds is 3. The monoisotopic (exact) mass is 259 g/mol. The van der Waals surface area contributed by atoms with E-state index < -0.39 is 0 Å². The second-order valence-corrected chi connectivity index (χ2v) is 4.90. The molecule has 102 valence electrons. The third kappa shape index (κ3) is 2.24. The molecule has 0 aliphatic rings. The van der Waals surface area contributed by atoms with Gasteiger partial charge in [-0.25, -0.2) is 0 Å². The van der Waals surface area contributed by atoms with E-state index in [2.05, 4.69) is 31.9 Å². The van der Waals surface area contributed by atoms with Gasteiger partial charge in [-0.15, -0.1) is 0 Å². The molecule has 0 bridgehead atoms. The molecule has 2 N–H and O–H groups in total. The molecule has 0 spiro atoms. The van der Waals surface area contributed by atoms with Gasteiger partial charge in [0.25, 0.3) is 0 Å². The Morgan fingerprint density at radius 2 is 1.95 bits per heavy atom. The second-order valence-electron chi connectivity index (χ2n) is 4.90. The van der Waals surface area contributed by atoms with Crippen molar-refractivity contribution in [1.82, 2.24) is 9.78 Å². The van der Waals surface area contributed by atoms with Gasteiger partial charge in [0, 0.05) is 30.9 Å². The number of ether oxygens (including phenoxy) is 1. The predicted molar refractivity (Wildman–Crippen MR) is 77.3 cm³/mol. The lowest BCUT2D eigenvalue weighted by Crippen LogP contribution is -2.01. The summed E-state index contributed by atoms with van der Waals surface area (Å²) in [5.41, 5.74) is 12.5. The van der Waals surface area contributed by atoms with Gasteiger partial charge in [0.2, 0.25) is 0 Å². The first kappa shape index (κ1) is 13.6. The Kier molecular flexibility index (Phi) is 3.62. The van der Waals surface area contributed by atoms with Crippen LogP contribution in [0.1, 0.15) is 22.3 Å². The lowest BCUT2D eigenvalue weighted by Gasteiger charge is -2.15. The molecule has 1 aromatic heterocycles. The molecule has 19 heavy (non-hydrogen) atoms. The van der Waals surface area contributed by atoms with E-state index in [0.29, 0.717) is 6.54 Å². The van der Waals surface area contributed by atoms with Crippen LogP contribution in [-0.2, 0) is 13.6 Å². The van der Waals surface area contributed by atoms with Gasteiger partial charge in [-0.2, -0.15) is 5.10 Å². The van der Waals surface area contributed by atoms with E-state index in [0.717, 1.165) is 28.1 Å². The fourth-order valence-corrected chi connectivity index (χ4v) is 2.52. The van der Waals surface area contributed by atoms with E-state index in [1.54, 1.807) is 7.11 Å². The van der Waals surface area contributed by atoms with Crippen molar-refractivity contribution in [1.29, 1.82) is 0 Å². The molecule has 0 fully saturated rings. The van der Waals surface area contributed by atoms with E-state index in [1.165, 1.54) is 11.1 Å². The smallest absolute Gasteiger partial charge is 0.122 e. The van der Waals surface area contributed by atoms with Gasteiger partial charge >= 0.3 is 0 Å². The minimum absolute atomic E-state index is 0.493. The number of aryl methyl sites for hydroxylation is 2. The number of nitrogens with two attached hydrogens (primary N) is 1. The van der Waals surface area contributed by atoms with Crippen LogP contribution in [0.2, 0.25) is 0 Å². The molecule has 1 heterocycles. The highest BCUT2D eigenvalue weighted by Crippen LogP contribution is 2.35. The van der Waals surface area contributed by atoms with E-state index in [-0.39, 0.29) is 0 Å². The van der Waals surface area contributed by atoms with Crippen LogP contribution in [0.5, 0.6) is 5.75 Å². The molecule has 0 radical (unpaired) electrons. The van der Waals surface area contributed by atoms with Crippen molar-refractivity contribution in [3.05, 3.63) is 34.5 Å². The zero-order chi connectivity index (χ0) is 14.2. The third-order valence-electron chi connectivity index (χ3n) is 3.63. The molecule has 2 rings (SSSR count). The van der Waals surface area contributed by atoms with Gasteiger partial charge in [0.15, 0.2) is 0 Å². The first-order valence-corrected chi connectivity index (χ1v) is 6.37. The van der Waals surface area contributed by atoms with Crippen molar-refractivity contribution >= 4 is 0 Å². The van der Waals surface area contributed by atoms with Crippen molar-refractivity contribution in [3.8, 4) is 17.0 Å². The lowest BCUT2D eigenvalue weighted by molar-refractivity contribution is 0.411. The highest BCUT2D eigenvalue weighted by atomic mass is 16.5. The molecule has 0 unspecified atom stereocenters. The van der Waals surface area contributed by atoms with Gasteiger partial charge < -0.3 is 10.5 Å². The van der Waals surface area contributed by atoms with E-state index in [4.69, 9.17) is 10.5 Å². The van der Waals surface area contributed by atoms with Crippen LogP contribution >= 0.6 is 0 Å². The zero-order valence-electron chi connectivity index (χ0n) is 12.2. The van der Waals surface area contributed by atoms with Crippen LogP contribution in [-0.4, -0.2) is 16.9 Å². The minimum atomic E-state index is 0.493. The second kappa shape index (κ2) is 5.05. The zero-order valence-corrected chi connectivity index (χ0v) is 12.2. The number of aromatic nitrogens is 2. The lowest BCUT2D eigenvalue weighted by atomic mass is 9.93. The summed E-state index contributed by atoms with van der Waals surface area (Å²) in [6.07, 6.45) is 1.98.